The molecule has 0 spiro atoms. The van der Waals surface area contributed by atoms with Crippen molar-refractivity contribution in [3.8, 4) is 0 Å². The number of thioether (sulfide) groups is 1. The van der Waals surface area contributed by atoms with E-state index < -0.39 is 58.8 Å². The van der Waals surface area contributed by atoms with Gasteiger partial charge in [-0.3, -0.25) is 18.9 Å². The summed E-state index contributed by atoms with van der Waals surface area (Å²) in [6, 6.07) is 10.9. The Labute approximate surface area is 231 Å². The highest BCUT2D eigenvalue weighted by Gasteiger charge is 2.37. The van der Waals surface area contributed by atoms with Gasteiger partial charge in [0.2, 0.25) is 27.7 Å². The summed E-state index contributed by atoms with van der Waals surface area (Å²) in [4.78, 5) is 58.4. The van der Waals surface area contributed by atoms with Gasteiger partial charge in [0.15, 0.2) is 0 Å². The van der Waals surface area contributed by atoms with Gasteiger partial charge in [0.1, 0.15) is 12.1 Å². The summed E-state index contributed by atoms with van der Waals surface area (Å²) in [5.41, 5.74) is 5.70. The predicted molar refractivity (Wildman–Crippen MR) is 149 cm³/mol. The van der Waals surface area contributed by atoms with Crippen molar-refractivity contribution in [1.82, 2.24) is 14.9 Å². The van der Waals surface area contributed by atoms with Gasteiger partial charge in [-0.15, -0.1) is 11.8 Å². The molecule has 0 radical (unpaired) electrons. The molecule has 3 atom stereocenters. The number of hydrogen-bond donors (Lipinski definition) is 5. The normalized spacial score (nSPS) is 17.9. The summed E-state index contributed by atoms with van der Waals surface area (Å²) in [5.74, 6) is -2.83. The van der Waals surface area contributed by atoms with Gasteiger partial charge in [0, 0.05) is 18.8 Å². The number of amides is 3. The quantitative estimate of drug-likeness (QED) is 0.218. The third kappa shape index (κ3) is 9.30. The number of nitrogens with one attached hydrogen (secondary N) is 2. The Morgan fingerprint density at radius 3 is 2.49 bits per heavy atom. The minimum Gasteiger partial charge on any atom is -0.369 e. The molecule has 0 bridgehead atoms. The van der Waals surface area contributed by atoms with E-state index >= 15 is 0 Å². The van der Waals surface area contributed by atoms with Gasteiger partial charge in [-0.25, -0.2) is 13.1 Å². The molecule has 3 rings (SSSR count). The van der Waals surface area contributed by atoms with E-state index in [0.717, 1.165) is 28.8 Å². The lowest BCUT2D eigenvalue weighted by Crippen LogP contribution is -2.58. The van der Waals surface area contributed by atoms with Crippen LogP contribution in [0, 0.1) is 0 Å². The number of primary amides is 1. The molecule has 15 heteroatoms. The van der Waals surface area contributed by atoms with Crippen molar-refractivity contribution in [2.24, 2.45) is 5.73 Å². The monoisotopic (exact) mass is 600 g/mol. The van der Waals surface area contributed by atoms with Gasteiger partial charge in [-0.2, -0.15) is 0 Å². The van der Waals surface area contributed by atoms with E-state index in [1.807, 2.05) is 36.4 Å². The first-order chi connectivity index (χ1) is 18.2. The highest BCUT2D eigenvalue weighted by Crippen LogP contribution is 2.38. The molecule has 39 heavy (non-hydrogen) atoms. The second-order valence-electron chi connectivity index (χ2n) is 9.46. The fourth-order valence-corrected chi connectivity index (χ4v) is 7.14. The van der Waals surface area contributed by atoms with Crippen molar-refractivity contribution in [1.29, 1.82) is 0 Å². The van der Waals surface area contributed by atoms with Gasteiger partial charge >= 0.3 is 7.60 Å². The summed E-state index contributed by atoms with van der Waals surface area (Å²) in [6.45, 7) is 0.111. The third-order valence-corrected chi connectivity index (χ3v) is 9.64. The van der Waals surface area contributed by atoms with Gasteiger partial charge in [0.25, 0.3) is 0 Å². The van der Waals surface area contributed by atoms with Crippen LogP contribution in [0.3, 0.4) is 0 Å². The van der Waals surface area contributed by atoms with Crippen LogP contribution in [-0.2, 0) is 29.0 Å². The summed E-state index contributed by atoms with van der Waals surface area (Å²) in [6.07, 6.45) is 2.45. The van der Waals surface area contributed by atoms with Crippen LogP contribution in [0.15, 0.2) is 42.5 Å². The fraction of sp³-hybridized carbons (Fsp3) is 0.458. The molecule has 2 aromatic rings. The van der Waals surface area contributed by atoms with Crippen LogP contribution < -0.4 is 15.8 Å². The molecule has 214 valence electrons. The standard InChI is InChI=1S/C24H33N4O8PS2/c1-39(35,36)27-20(14-38-15-37(32,33)34)24(31)28-11-5-4-8-21(28)23(30)26-13-19(22(25)29)18-10-9-16-6-2-3-7-17(16)12-18/h2-3,6-7,9-10,12,19-21,27H,4-5,8,11,13-15H2,1H3,(H2,25,29)(H,26,30)(H2,32,33,34). The number of rotatable bonds is 12. The molecule has 0 aromatic heterocycles. The van der Waals surface area contributed by atoms with Crippen LogP contribution in [-0.4, -0.2) is 83.5 Å². The molecule has 3 unspecified atom stereocenters. The van der Waals surface area contributed by atoms with E-state index in [1.54, 1.807) is 6.07 Å². The number of likely N-dealkylation sites (tertiary alicyclic amines) is 1. The smallest absolute Gasteiger partial charge is 0.335 e. The zero-order valence-electron chi connectivity index (χ0n) is 21.4. The number of piperidine rings is 1. The summed E-state index contributed by atoms with van der Waals surface area (Å²) in [5, 5.41) is 4.64. The lowest BCUT2D eigenvalue weighted by atomic mass is 9.95. The van der Waals surface area contributed by atoms with Crippen molar-refractivity contribution in [3.63, 3.8) is 0 Å². The second kappa shape index (κ2) is 13.2. The van der Waals surface area contributed by atoms with Crippen LogP contribution in [0.25, 0.3) is 10.8 Å². The molecule has 1 heterocycles. The first-order valence-electron chi connectivity index (χ1n) is 12.2. The molecule has 6 N–H and O–H groups in total. The van der Waals surface area contributed by atoms with E-state index in [2.05, 4.69) is 10.0 Å². The Kier molecular flexibility index (Phi) is 10.5. The van der Waals surface area contributed by atoms with E-state index in [-0.39, 0.29) is 18.8 Å². The Bertz CT molecular complexity index is 1370. The van der Waals surface area contributed by atoms with Gasteiger partial charge in [0.05, 0.1) is 17.7 Å². The minimum atomic E-state index is -4.37. The third-order valence-electron chi connectivity index (χ3n) is 6.29. The number of sulfonamides is 1. The van der Waals surface area contributed by atoms with E-state index in [9.17, 15) is 27.4 Å². The average molecular weight is 601 g/mol. The Morgan fingerprint density at radius 2 is 1.85 bits per heavy atom. The summed E-state index contributed by atoms with van der Waals surface area (Å²) >= 11 is 0.737. The second-order valence-corrected chi connectivity index (χ2v) is 14.3. The first kappa shape index (κ1) is 31.1. The number of fused-ring (bicyclic) bond motifs is 1. The van der Waals surface area contributed by atoms with Crippen molar-refractivity contribution in [3.05, 3.63) is 48.0 Å². The molecule has 3 amide bonds. The van der Waals surface area contributed by atoms with Crippen molar-refractivity contribution >= 4 is 57.9 Å². The van der Waals surface area contributed by atoms with E-state index in [4.69, 9.17) is 15.5 Å². The van der Waals surface area contributed by atoms with Gasteiger partial charge in [-0.05, 0) is 35.6 Å². The van der Waals surface area contributed by atoms with Crippen LogP contribution in [0.1, 0.15) is 30.7 Å². The molecular weight excluding hydrogens is 567 g/mol. The number of carbonyl (C=O) groups excluding carboxylic acids is 3. The van der Waals surface area contributed by atoms with E-state index in [0.29, 0.717) is 24.8 Å². The number of hydrogen-bond acceptors (Lipinski definition) is 7. The van der Waals surface area contributed by atoms with E-state index in [1.165, 1.54) is 4.90 Å². The average Bonchev–Trinajstić information content (AvgIpc) is 2.86. The topological polar surface area (TPSA) is 196 Å². The lowest BCUT2D eigenvalue weighted by Gasteiger charge is -2.37. The highest BCUT2D eigenvalue weighted by molar-refractivity contribution is 8.04. The minimum absolute atomic E-state index is 0.0891. The number of benzene rings is 2. The molecule has 1 aliphatic rings. The van der Waals surface area contributed by atoms with Crippen molar-refractivity contribution in [2.45, 2.75) is 37.3 Å². The fourth-order valence-electron chi connectivity index (χ4n) is 4.50. The molecule has 0 aliphatic carbocycles. The molecule has 12 nitrogen and oxygen atoms in total. The SMILES string of the molecule is CS(=O)(=O)NC(CSCP(=O)(O)O)C(=O)N1CCCCC1C(=O)NCC(C(N)=O)c1ccc2ccccc2c1. The zero-order chi connectivity index (χ0) is 28.8. The van der Waals surface area contributed by atoms with Crippen LogP contribution in [0.4, 0.5) is 0 Å². The van der Waals surface area contributed by atoms with Crippen LogP contribution in [0.2, 0.25) is 0 Å². The zero-order valence-corrected chi connectivity index (χ0v) is 23.9. The van der Waals surface area contributed by atoms with Crippen LogP contribution >= 0.6 is 19.4 Å². The number of nitrogens with two attached hydrogens (primary N) is 1. The van der Waals surface area contributed by atoms with Crippen LogP contribution in [0.5, 0.6) is 0 Å². The predicted octanol–water partition coefficient (Wildman–Crippen LogP) is 0.692. The maximum Gasteiger partial charge on any atom is 0.335 e. The van der Waals surface area contributed by atoms with Crippen molar-refractivity contribution < 1.29 is 37.2 Å². The van der Waals surface area contributed by atoms with Gasteiger partial charge < -0.3 is 25.7 Å². The number of nitrogens with zero attached hydrogens (tertiary/aromatic N) is 1. The molecule has 1 fully saturated rings. The Hall–Kier alpha value is -2.48. The highest BCUT2D eigenvalue weighted by atomic mass is 32.2. The number of carbonyl (C=O) groups is 3. The Morgan fingerprint density at radius 1 is 1.15 bits per heavy atom. The molecular formula is C24H33N4O8PS2. The van der Waals surface area contributed by atoms with Crippen molar-refractivity contribution in [2.75, 3.05) is 30.6 Å². The summed E-state index contributed by atoms with van der Waals surface area (Å²) < 4.78 is 37.2. The summed E-state index contributed by atoms with van der Waals surface area (Å²) in [7, 11) is -8.22. The first-order valence-corrected chi connectivity index (χ1v) is 17.1. The molecule has 2 aromatic carbocycles. The molecule has 1 saturated heterocycles. The van der Waals surface area contributed by atoms with Gasteiger partial charge in [-0.1, -0.05) is 42.5 Å². The maximum absolute atomic E-state index is 13.4. The lowest BCUT2D eigenvalue weighted by molar-refractivity contribution is -0.143. The Balaban J connectivity index is 1.73. The molecule has 0 saturated carbocycles. The largest absolute Gasteiger partial charge is 0.369 e. The maximum atomic E-state index is 13.4. The molecule has 1 aliphatic heterocycles.